The number of likely N-dealkylation sites (tertiary alicyclic amines) is 1. The van der Waals surface area contributed by atoms with E-state index in [4.69, 9.17) is 4.74 Å². The van der Waals surface area contributed by atoms with Gasteiger partial charge >= 0.3 is 17.9 Å². The number of hydrogen-bond acceptors (Lipinski definition) is 6. The maximum atomic E-state index is 12.0. The quantitative estimate of drug-likeness (QED) is 0.532. The Hall–Kier alpha value is -1.87. The molecule has 0 aliphatic carbocycles. The number of amides is 3. The van der Waals surface area contributed by atoms with Gasteiger partial charge in [0.1, 0.15) is 0 Å². The maximum Gasteiger partial charge on any atom is 0.409 e. The second-order valence-electron chi connectivity index (χ2n) is 6.28. The van der Waals surface area contributed by atoms with Gasteiger partial charge < -0.3 is 25.6 Å². The third kappa shape index (κ3) is 6.50. The van der Waals surface area contributed by atoms with Gasteiger partial charge in [-0.1, -0.05) is 0 Å². The minimum atomic E-state index is -0.602. The Kier molecular flexibility index (Phi) is 7.93. The van der Waals surface area contributed by atoms with E-state index in [0.717, 1.165) is 32.7 Å². The van der Waals surface area contributed by atoms with Crippen molar-refractivity contribution in [3.05, 3.63) is 0 Å². The van der Waals surface area contributed by atoms with Gasteiger partial charge in [-0.15, -0.1) is 0 Å². The first-order chi connectivity index (χ1) is 12.1. The second-order valence-corrected chi connectivity index (χ2v) is 6.28. The van der Waals surface area contributed by atoms with Gasteiger partial charge in [-0.3, -0.25) is 14.5 Å². The van der Waals surface area contributed by atoms with Crippen LogP contribution in [0.1, 0.15) is 19.8 Å². The molecule has 0 bridgehead atoms. The molecular formula is C16H29N5O4. The van der Waals surface area contributed by atoms with Gasteiger partial charge in [0.05, 0.1) is 6.61 Å². The van der Waals surface area contributed by atoms with Crippen molar-refractivity contribution in [3.8, 4) is 0 Å². The molecule has 0 unspecified atom stereocenters. The summed E-state index contributed by atoms with van der Waals surface area (Å²) in [5, 5.41) is 8.68. The van der Waals surface area contributed by atoms with Crippen molar-refractivity contribution in [2.75, 3.05) is 59.0 Å². The van der Waals surface area contributed by atoms with E-state index >= 15 is 0 Å². The van der Waals surface area contributed by atoms with E-state index in [2.05, 4.69) is 20.9 Å². The van der Waals surface area contributed by atoms with Crippen LogP contribution in [0.4, 0.5) is 4.79 Å². The molecule has 2 aliphatic rings. The zero-order chi connectivity index (χ0) is 18.1. The standard InChI is InChI=1S/C16H29N5O4/c1-2-25-16(24)21-8-3-13(4-9-21)19-15(23)14(22)18-7-12-20-10-5-17-6-11-20/h13,17H,2-12H2,1H3,(H,18,22)(H,19,23). The predicted molar refractivity (Wildman–Crippen MR) is 92.1 cm³/mol. The zero-order valence-corrected chi connectivity index (χ0v) is 14.9. The lowest BCUT2D eigenvalue weighted by Crippen LogP contribution is -2.51. The highest BCUT2D eigenvalue weighted by atomic mass is 16.6. The lowest BCUT2D eigenvalue weighted by atomic mass is 10.1. The van der Waals surface area contributed by atoms with Crippen LogP contribution in [0.5, 0.6) is 0 Å². The Balaban J connectivity index is 1.61. The largest absolute Gasteiger partial charge is 0.450 e. The van der Waals surface area contributed by atoms with Crippen molar-refractivity contribution < 1.29 is 19.1 Å². The number of carbonyl (C=O) groups is 3. The first kappa shape index (κ1) is 19.5. The van der Waals surface area contributed by atoms with Crippen molar-refractivity contribution in [3.63, 3.8) is 0 Å². The van der Waals surface area contributed by atoms with Crippen LogP contribution in [0.3, 0.4) is 0 Å². The van der Waals surface area contributed by atoms with Crippen molar-refractivity contribution in [1.82, 2.24) is 25.8 Å². The molecule has 0 saturated carbocycles. The molecule has 2 aliphatic heterocycles. The molecule has 0 radical (unpaired) electrons. The van der Waals surface area contributed by atoms with E-state index in [-0.39, 0.29) is 12.1 Å². The fourth-order valence-corrected chi connectivity index (χ4v) is 3.01. The summed E-state index contributed by atoms with van der Waals surface area (Å²) in [6.45, 7) is 8.21. The SMILES string of the molecule is CCOC(=O)N1CCC(NC(=O)C(=O)NCCN2CCNCC2)CC1. The lowest BCUT2D eigenvalue weighted by Gasteiger charge is -2.31. The van der Waals surface area contributed by atoms with E-state index in [1.54, 1.807) is 11.8 Å². The van der Waals surface area contributed by atoms with Crippen molar-refractivity contribution >= 4 is 17.9 Å². The molecule has 0 aromatic heterocycles. The van der Waals surface area contributed by atoms with E-state index < -0.39 is 11.8 Å². The number of ether oxygens (including phenoxy) is 1. The number of piperazine rings is 1. The van der Waals surface area contributed by atoms with Gasteiger partial charge in [0.2, 0.25) is 0 Å². The highest BCUT2D eigenvalue weighted by Crippen LogP contribution is 2.11. The summed E-state index contributed by atoms with van der Waals surface area (Å²) >= 11 is 0. The van der Waals surface area contributed by atoms with Gasteiger partial charge in [0, 0.05) is 58.4 Å². The fraction of sp³-hybridized carbons (Fsp3) is 0.812. The molecule has 2 heterocycles. The molecule has 2 fully saturated rings. The van der Waals surface area contributed by atoms with Crippen LogP contribution >= 0.6 is 0 Å². The van der Waals surface area contributed by atoms with Gasteiger partial charge in [-0.25, -0.2) is 4.79 Å². The number of piperidine rings is 1. The van der Waals surface area contributed by atoms with E-state index in [0.29, 0.717) is 39.1 Å². The Morgan fingerprint density at radius 1 is 1.08 bits per heavy atom. The Labute approximate surface area is 148 Å². The minimum absolute atomic E-state index is 0.0860. The van der Waals surface area contributed by atoms with E-state index in [9.17, 15) is 14.4 Å². The number of rotatable bonds is 5. The van der Waals surface area contributed by atoms with Crippen LogP contribution in [0.25, 0.3) is 0 Å². The number of hydrogen-bond donors (Lipinski definition) is 3. The molecule has 2 saturated heterocycles. The highest BCUT2D eigenvalue weighted by Gasteiger charge is 2.26. The monoisotopic (exact) mass is 355 g/mol. The van der Waals surface area contributed by atoms with Crippen LogP contribution < -0.4 is 16.0 Å². The number of nitrogens with one attached hydrogen (secondary N) is 3. The zero-order valence-electron chi connectivity index (χ0n) is 14.9. The average Bonchev–Trinajstić information content (AvgIpc) is 2.63. The molecule has 25 heavy (non-hydrogen) atoms. The van der Waals surface area contributed by atoms with Gasteiger partial charge in [-0.2, -0.15) is 0 Å². The van der Waals surface area contributed by atoms with Crippen molar-refractivity contribution in [2.45, 2.75) is 25.8 Å². The van der Waals surface area contributed by atoms with Crippen molar-refractivity contribution in [1.29, 1.82) is 0 Å². The lowest BCUT2D eigenvalue weighted by molar-refractivity contribution is -0.139. The first-order valence-corrected chi connectivity index (χ1v) is 9.03. The summed E-state index contributed by atoms with van der Waals surface area (Å²) in [7, 11) is 0. The van der Waals surface area contributed by atoms with Crippen molar-refractivity contribution in [2.24, 2.45) is 0 Å². The van der Waals surface area contributed by atoms with Gasteiger partial charge in [0.25, 0.3) is 0 Å². The summed E-state index contributed by atoms with van der Waals surface area (Å²) < 4.78 is 4.96. The highest BCUT2D eigenvalue weighted by molar-refractivity contribution is 6.35. The van der Waals surface area contributed by atoms with Crippen LogP contribution in [0, 0.1) is 0 Å². The summed E-state index contributed by atoms with van der Waals surface area (Å²) in [6, 6.07) is -0.0860. The maximum absolute atomic E-state index is 12.0. The average molecular weight is 355 g/mol. The molecule has 3 amide bonds. The summed E-state index contributed by atoms with van der Waals surface area (Å²) in [5.74, 6) is -1.20. The van der Waals surface area contributed by atoms with E-state index in [1.165, 1.54) is 0 Å². The Morgan fingerprint density at radius 3 is 2.40 bits per heavy atom. The smallest absolute Gasteiger partial charge is 0.409 e. The molecule has 9 heteroatoms. The molecular weight excluding hydrogens is 326 g/mol. The first-order valence-electron chi connectivity index (χ1n) is 9.03. The van der Waals surface area contributed by atoms with Crippen LogP contribution in [-0.2, 0) is 14.3 Å². The van der Waals surface area contributed by atoms with Crippen LogP contribution in [0.15, 0.2) is 0 Å². The molecule has 2 rings (SSSR count). The molecule has 0 spiro atoms. The molecule has 0 atom stereocenters. The summed E-state index contributed by atoms with van der Waals surface area (Å²) in [5.41, 5.74) is 0. The van der Waals surface area contributed by atoms with Crippen LogP contribution in [-0.4, -0.2) is 92.7 Å². The number of nitrogens with zero attached hydrogens (tertiary/aromatic N) is 2. The molecule has 0 aromatic rings. The third-order valence-electron chi connectivity index (χ3n) is 4.49. The fourth-order valence-electron chi connectivity index (χ4n) is 3.01. The van der Waals surface area contributed by atoms with Crippen LogP contribution in [0.2, 0.25) is 0 Å². The van der Waals surface area contributed by atoms with Gasteiger partial charge in [-0.05, 0) is 19.8 Å². The molecule has 142 valence electrons. The Morgan fingerprint density at radius 2 is 1.76 bits per heavy atom. The Bertz CT molecular complexity index is 459. The molecule has 9 nitrogen and oxygen atoms in total. The predicted octanol–water partition coefficient (Wildman–Crippen LogP) is -1.26. The van der Waals surface area contributed by atoms with E-state index in [1.807, 2.05) is 0 Å². The van der Waals surface area contributed by atoms with Gasteiger partial charge in [0.15, 0.2) is 0 Å². The number of carbonyl (C=O) groups excluding carboxylic acids is 3. The second kappa shape index (κ2) is 10.2. The topological polar surface area (TPSA) is 103 Å². The molecule has 3 N–H and O–H groups in total. The minimum Gasteiger partial charge on any atom is -0.450 e. The summed E-state index contributed by atoms with van der Waals surface area (Å²) in [4.78, 5) is 39.3. The summed E-state index contributed by atoms with van der Waals surface area (Å²) in [6.07, 6.45) is 0.926. The third-order valence-corrected chi connectivity index (χ3v) is 4.49. The molecule has 0 aromatic carbocycles. The normalized spacial score (nSPS) is 19.3.